The minimum atomic E-state index is -0.275. The first-order valence-electron chi connectivity index (χ1n) is 5.00. The van der Waals surface area contributed by atoms with E-state index in [2.05, 4.69) is 0 Å². The lowest BCUT2D eigenvalue weighted by Crippen LogP contribution is -1.96. The molecular formula is C13H13ClFNO. The average Bonchev–Trinajstić information content (AvgIpc) is 2.32. The summed E-state index contributed by atoms with van der Waals surface area (Å²) in [5, 5.41) is 0. The molecule has 0 unspecified atom stereocenters. The molecule has 0 aliphatic rings. The van der Waals surface area contributed by atoms with Crippen molar-refractivity contribution in [1.82, 2.24) is 0 Å². The van der Waals surface area contributed by atoms with Gasteiger partial charge in [0.2, 0.25) is 0 Å². The third kappa shape index (κ3) is 3.73. The summed E-state index contributed by atoms with van der Waals surface area (Å²) < 4.78 is 18.2. The molecule has 4 heteroatoms. The van der Waals surface area contributed by atoms with E-state index in [1.807, 2.05) is 24.3 Å². The van der Waals surface area contributed by atoms with E-state index in [9.17, 15) is 4.39 Å². The summed E-state index contributed by atoms with van der Waals surface area (Å²) in [5.41, 5.74) is 6.53. The Hall–Kier alpha value is -1.58. The Morgan fingerprint density at radius 2 is 1.71 bits per heavy atom. The van der Waals surface area contributed by atoms with Crippen molar-refractivity contribution >= 4 is 12.4 Å². The lowest BCUT2D eigenvalue weighted by molar-refractivity contribution is 0.480. The molecule has 0 saturated carbocycles. The maximum Gasteiger partial charge on any atom is 0.127 e. The van der Waals surface area contributed by atoms with E-state index in [4.69, 9.17) is 10.5 Å². The topological polar surface area (TPSA) is 35.2 Å². The van der Waals surface area contributed by atoms with E-state index < -0.39 is 0 Å². The van der Waals surface area contributed by atoms with Crippen molar-refractivity contribution in [1.29, 1.82) is 0 Å². The number of hydrogen-bond acceptors (Lipinski definition) is 2. The molecule has 0 aromatic heterocycles. The maximum absolute atomic E-state index is 12.7. The van der Waals surface area contributed by atoms with Crippen LogP contribution in [-0.2, 0) is 6.54 Å². The van der Waals surface area contributed by atoms with E-state index in [0.29, 0.717) is 18.0 Å². The quantitative estimate of drug-likeness (QED) is 0.909. The summed E-state index contributed by atoms with van der Waals surface area (Å²) in [6.07, 6.45) is 0. The molecule has 0 heterocycles. The number of nitrogens with two attached hydrogens (primary N) is 1. The average molecular weight is 254 g/mol. The summed E-state index contributed by atoms with van der Waals surface area (Å²) in [6.45, 7) is 0.473. The lowest BCUT2D eigenvalue weighted by atomic mass is 10.2. The fourth-order valence-corrected chi connectivity index (χ4v) is 1.37. The van der Waals surface area contributed by atoms with Crippen molar-refractivity contribution in [3.8, 4) is 11.5 Å². The van der Waals surface area contributed by atoms with E-state index in [-0.39, 0.29) is 18.2 Å². The van der Waals surface area contributed by atoms with Crippen molar-refractivity contribution < 1.29 is 9.13 Å². The van der Waals surface area contributed by atoms with Gasteiger partial charge < -0.3 is 10.5 Å². The standard InChI is InChI=1S/C13H12FNO.ClH/c14-11-4-6-12(7-5-11)16-13-3-1-2-10(8-13)9-15;/h1-8H,9,15H2;1H. The van der Waals surface area contributed by atoms with Gasteiger partial charge in [-0.2, -0.15) is 0 Å². The molecule has 2 rings (SSSR count). The molecule has 2 aromatic carbocycles. The van der Waals surface area contributed by atoms with Gasteiger partial charge in [-0.15, -0.1) is 12.4 Å². The zero-order valence-corrected chi connectivity index (χ0v) is 9.91. The van der Waals surface area contributed by atoms with Crippen LogP contribution in [0.25, 0.3) is 0 Å². The molecule has 0 bridgehead atoms. The molecule has 0 saturated heterocycles. The van der Waals surface area contributed by atoms with Gasteiger partial charge in [0.15, 0.2) is 0 Å². The Bertz CT molecular complexity index is 473. The lowest BCUT2D eigenvalue weighted by Gasteiger charge is -2.06. The van der Waals surface area contributed by atoms with Crippen LogP contribution in [0.5, 0.6) is 11.5 Å². The van der Waals surface area contributed by atoms with Gasteiger partial charge in [0.05, 0.1) is 0 Å². The zero-order valence-electron chi connectivity index (χ0n) is 9.10. The predicted molar refractivity (Wildman–Crippen MR) is 68.1 cm³/mol. The number of hydrogen-bond donors (Lipinski definition) is 1. The molecular weight excluding hydrogens is 241 g/mol. The Balaban J connectivity index is 0.00000144. The number of ether oxygens (including phenoxy) is 1. The van der Waals surface area contributed by atoms with Crippen LogP contribution in [0.4, 0.5) is 4.39 Å². The highest BCUT2D eigenvalue weighted by atomic mass is 35.5. The summed E-state index contributed by atoms with van der Waals surface area (Å²) in [7, 11) is 0. The molecule has 0 spiro atoms. The predicted octanol–water partition coefficient (Wildman–Crippen LogP) is 3.50. The molecule has 0 aliphatic heterocycles. The summed E-state index contributed by atoms with van der Waals surface area (Å²) in [5.74, 6) is 1.04. The third-order valence-electron chi connectivity index (χ3n) is 2.18. The summed E-state index contributed by atoms with van der Waals surface area (Å²) in [4.78, 5) is 0. The van der Waals surface area contributed by atoms with Gasteiger partial charge in [-0.1, -0.05) is 12.1 Å². The highest BCUT2D eigenvalue weighted by Gasteiger charge is 1.98. The van der Waals surface area contributed by atoms with Crippen molar-refractivity contribution in [3.63, 3.8) is 0 Å². The highest BCUT2D eigenvalue weighted by Crippen LogP contribution is 2.22. The number of halogens is 2. The monoisotopic (exact) mass is 253 g/mol. The van der Waals surface area contributed by atoms with E-state index in [1.54, 1.807) is 12.1 Å². The van der Waals surface area contributed by atoms with Crippen LogP contribution in [0, 0.1) is 5.82 Å². The van der Waals surface area contributed by atoms with Gasteiger partial charge in [-0.05, 0) is 42.0 Å². The second kappa shape index (κ2) is 6.23. The molecule has 0 fully saturated rings. The summed E-state index contributed by atoms with van der Waals surface area (Å²) >= 11 is 0. The molecule has 0 atom stereocenters. The van der Waals surface area contributed by atoms with E-state index >= 15 is 0 Å². The van der Waals surface area contributed by atoms with Crippen LogP contribution in [-0.4, -0.2) is 0 Å². The van der Waals surface area contributed by atoms with Crippen molar-refractivity contribution in [2.45, 2.75) is 6.54 Å². The SMILES string of the molecule is Cl.NCc1cccc(Oc2ccc(F)cc2)c1. The van der Waals surface area contributed by atoms with E-state index in [1.165, 1.54) is 12.1 Å². The van der Waals surface area contributed by atoms with Gasteiger partial charge >= 0.3 is 0 Å². The zero-order chi connectivity index (χ0) is 11.4. The smallest absolute Gasteiger partial charge is 0.127 e. The van der Waals surface area contributed by atoms with Crippen LogP contribution < -0.4 is 10.5 Å². The maximum atomic E-state index is 12.7. The van der Waals surface area contributed by atoms with Crippen LogP contribution in [0.1, 0.15) is 5.56 Å². The molecule has 2 N–H and O–H groups in total. The fraction of sp³-hybridized carbons (Fsp3) is 0.0769. The van der Waals surface area contributed by atoms with Crippen molar-refractivity contribution in [2.24, 2.45) is 5.73 Å². The van der Waals surface area contributed by atoms with Crippen molar-refractivity contribution in [3.05, 3.63) is 59.9 Å². The molecule has 0 amide bonds. The van der Waals surface area contributed by atoms with Gasteiger partial charge in [-0.3, -0.25) is 0 Å². The van der Waals surface area contributed by atoms with Gasteiger partial charge in [0, 0.05) is 6.54 Å². The Kier molecular flexibility index (Phi) is 4.94. The molecule has 2 aromatic rings. The molecule has 2 nitrogen and oxygen atoms in total. The van der Waals surface area contributed by atoms with Gasteiger partial charge in [0.25, 0.3) is 0 Å². The Morgan fingerprint density at radius 3 is 2.35 bits per heavy atom. The minimum absolute atomic E-state index is 0. The van der Waals surface area contributed by atoms with Gasteiger partial charge in [-0.25, -0.2) is 4.39 Å². The molecule has 0 radical (unpaired) electrons. The second-order valence-corrected chi connectivity index (χ2v) is 3.41. The highest BCUT2D eigenvalue weighted by molar-refractivity contribution is 5.85. The van der Waals surface area contributed by atoms with Crippen LogP contribution in [0.15, 0.2) is 48.5 Å². The van der Waals surface area contributed by atoms with Crippen LogP contribution in [0.2, 0.25) is 0 Å². The number of rotatable bonds is 3. The van der Waals surface area contributed by atoms with Gasteiger partial charge in [0.1, 0.15) is 17.3 Å². The minimum Gasteiger partial charge on any atom is -0.457 e. The summed E-state index contributed by atoms with van der Waals surface area (Å²) in [6, 6.07) is 13.4. The van der Waals surface area contributed by atoms with E-state index in [0.717, 1.165) is 5.56 Å². The largest absolute Gasteiger partial charge is 0.457 e. The van der Waals surface area contributed by atoms with Crippen LogP contribution in [0.3, 0.4) is 0 Å². The first kappa shape index (κ1) is 13.5. The second-order valence-electron chi connectivity index (χ2n) is 3.41. The third-order valence-corrected chi connectivity index (χ3v) is 2.18. The number of benzene rings is 2. The normalized spacial score (nSPS) is 9.53. The Morgan fingerprint density at radius 1 is 1.00 bits per heavy atom. The first-order chi connectivity index (χ1) is 7.78. The van der Waals surface area contributed by atoms with Crippen LogP contribution >= 0.6 is 12.4 Å². The molecule has 17 heavy (non-hydrogen) atoms. The molecule has 90 valence electrons. The van der Waals surface area contributed by atoms with Crippen molar-refractivity contribution in [2.75, 3.05) is 0 Å². The molecule has 0 aliphatic carbocycles. The fourth-order valence-electron chi connectivity index (χ4n) is 1.37. The first-order valence-corrected chi connectivity index (χ1v) is 5.00. The Labute approximate surface area is 106 Å².